The lowest BCUT2D eigenvalue weighted by molar-refractivity contribution is -0.137. The fraction of sp³-hybridized carbons (Fsp3) is 0.308. The van der Waals surface area contributed by atoms with E-state index in [2.05, 4.69) is 4.74 Å². The molecule has 106 valence electrons. The number of Topliss-reactive ketones (excluding diaryl/α,β-unsaturated/α-hetero) is 1. The summed E-state index contributed by atoms with van der Waals surface area (Å²) in [5.41, 5.74) is 0.221. The molecule has 1 heterocycles. The van der Waals surface area contributed by atoms with Crippen LogP contribution < -0.4 is 4.74 Å². The molecule has 2 amide bonds. The molecule has 0 spiro atoms. The molecular weight excluding hydrogens is 272 g/mol. The number of ether oxygens (including phenoxy) is 1. The van der Waals surface area contributed by atoms with E-state index in [9.17, 15) is 23.2 Å². The van der Waals surface area contributed by atoms with Gasteiger partial charge < -0.3 is 4.74 Å². The number of amides is 2. The fourth-order valence-electron chi connectivity index (χ4n) is 1.86. The van der Waals surface area contributed by atoms with E-state index in [0.29, 0.717) is 0 Å². The summed E-state index contributed by atoms with van der Waals surface area (Å²) in [6, 6.07) is 5.08. The van der Waals surface area contributed by atoms with Crippen LogP contribution in [-0.4, -0.2) is 35.7 Å². The molecule has 1 saturated heterocycles. The Balaban J connectivity index is 2.02. The van der Waals surface area contributed by atoms with E-state index in [1.165, 1.54) is 24.3 Å². The van der Waals surface area contributed by atoms with E-state index in [4.69, 9.17) is 0 Å². The van der Waals surface area contributed by atoms with Crippen LogP contribution in [0.3, 0.4) is 0 Å². The average Bonchev–Trinajstić information content (AvgIpc) is 2.70. The Hall–Kier alpha value is -2.31. The topological polar surface area (TPSA) is 63.7 Å². The summed E-state index contributed by atoms with van der Waals surface area (Å²) in [4.78, 5) is 35.6. The van der Waals surface area contributed by atoms with Gasteiger partial charge >= 0.3 is 6.61 Å². The summed E-state index contributed by atoms with van der Waals surface area (Å²) in [5, 5.41) is 0. The van der Waals surface area contributed by atoms with Gasteiger partial charge in [0.2, 0.25) is 11.8 Å². The molecule has 0 atom stereocenters. The van der Waals surface area contributed by atoms with Gasteiger partial charge in [-0.25, -0.2) is 0 Å². The predicted molar refractivity (Wildman–Crippen MR) is 63.4 cm³/mol. The first kappa shape index (κ1) is 14.1. The number of likely N-dealkylation sites (tertiary alicyclic amines) is 1. The lowest BCUT2D eigenvalue weighted by Crippen LogP contribution is -2.34. The number of carbonyl (C=O) groups is 3. The quantitative estimate of drug-likeness (QED) is 0.608. The second kappa shape index (κ2) is 5.77. The number of alkyl halides is 2. The molecule has 0 aliphatic carbocycles. The molecule has 1 aliphatic heterocycles. The van der Waals surface area contributed by atoms with Gasteiger partial charge in [0.1, 0.15) is 5.75 Å². The Morgan fingerprint density at radius 2 is 1.70 bits per heavy atom. The lowest BCUT2D eigenvalue weighted by Gasteiger charge is -2.12. The molecular formula is C13H11F2NO4. The Bertz CT molecular complexity index is 526. The largest absolute Gasteiger partial charge is 0.435 e. The van der Waals surface area contributed by atoms with Crippen LogP contribution in [0.4, 0.5) is 8.78 Å². The first-order valence-electron chi connectivity index (χ1n) is 5.88. The van der Waals surface area contributed by atoms with E-state index in [0.717, 1.165) is 4.90 Å². The van der Waals surface area contributed by atoms with Gasteiger partial charge in [-0.05, 0) is 24.3 Å². The zero-order chi connectivity index (χ0) is 14.7. The van der Waals surface area contributed by atoms with Gasteiger partial charge in [-0.3, -0.25) is 19.3 Å². The van der Waals surface area contributed by atoms with E-state index in [1.54, 1.807) is 0 Å². The molecule has 7 heteroatoms. The highest BCUT2D eigenvalue weighted by Gasteiger charge is 2.30. The molecule has 1 aliphatic rings. The molecule has 0 radical (unpaired) electrons. The molecule has 0 bridgehead atoms. The highest BCUT2D eigenvalue weighted by atomic mass is 19.3. The number of rotatable bonds is 5. The van der Waals surface area contributed by atoms with Crippen molar-refractivity contribution in [2.24, 2.45) is 0 Å². The van der Waals surface area contributed by atoms with Gasteiger partial charge in [-0.2, -0.15) is 8.78 Å². The maximum atomic E-state index is 12.0. The smallest absolute Gasteiger partial charge is 0.387 e. The highest BCUT2D eigenvalue weighted by Crippen LogP contribution is 2.17. The van der Waals surface area contributed by atoms with Crippen molar-refractivity contribution < 1.29 is 27.9 Å². The van der Waals surface area contributed by atoms with E-state index in [-0.39, 0.29) is 42.5 Å². The summed E-state index contributed by atoms with van der Waals surface area (Å²) >= 11 is 0. The van der Waals surface area contributed by atoms with Crippen molar-refractivity contribution >= 4 is 17.6 Å². The number of ketones is 1. The molecule has 0 aromatic heterocycles. The second-order valence-electron chi connectivity index (χ2n) is 4.20. The molecule has 0 unspecified atom stereocenters. The maximum Gasteiger partial charge on any atom is 0.387 e. The molecule has 0 N–H and O–H groups in total. The van der Waals surface area contributed by atoms with Crippen molar-refractivity contribution in [2.45, 2.75) is 19.5 Å². The van der Waals surface area contributed by atoms with Gasteiger partial charge in [-0.15, -0.1) is 0 Å². The fourth-order valence-corrected chi connectivity index (χ4v) is 1.86. The number of benzene rings is 1. The zero-order valence-corrected chi connectivity index (χ0v) is 10.3. The molecule has 0 saturated carbocycles. The average molecular weight is 283 g/mol. The van der Waals surface area contributed by atoms with Crippen molar-refractivity contribution in [3.05, 3.63) is 29.8 Å². The second-order valence-corrected chi connectivity index (χ2v) is 4.20. The number of carbonyl (C=O) groups excluding carboxylic acids is 3. The molecule has 1 aromatic carbocycles. The highest BCUT2D eigenvalue weighted by molar-refractivity contribution is 6.07. The van der Waals surface area contributed by atoms with E-state index >= 15 is 0 Å². The minimum Gasteiger partial charge on any atom is -0.435 e. The predicted octanol–water partition coefficient (Wildman–Crippen LogP) is 1.62. The van der Waals surface area contributed by atoms with Crippen LogP contribution in [-0.2, 0) is 9.59 Å². The van der Waals surface area contributed by atoms with E-state index < -0.39 is 12.4 Å². The van der Waals surface area contributed by atoms with Crippen LogP contribution in [0.15, 0.2) is 24.3 Å². The normalized spacial score (nSPS) is 15.1. The summed E-state index contributed by atoms with van der Waals surface area (Å²) in [6.45, 7) is -3.26. The number of nitrogens with zero attached hydrogens (tertiary/aromatic N) is 1. The van der Waals surface area contributed by atoms with Crippen LogP contribution in [0.25, 0.3) is 0 Å². The molecule has 20 heavy (non-hydrogen) atoms. The van der Waals surface area contributed by atoms with Crippen molar-refractivity contribution in [3.8, 4) is 5.75 Å². The monoisotopic (exact) mass is 283 g/mol. The van der Waals surface area contributed by atoms with Crippen LogP contribution in [0, 0.1) is 0 Å². The summed E-state index contributed by atoms with van der Waals surface area (Å²) in [7, 11) is 0. The molecule has 5 nitrogen and oxygen atoms in total. The van der Waals surface area contributed by atoms with Gasteiger partial charge in [0.25, 0.3) is 0 Å². The number of hydrogen-bond acceptors (Lipinski definition) is 4. The summed E-state index contributed by atoms with van der Waals surface area (Å²) in [6.07, 6.45) is 0.237. The molecule has 2 rings (SSSR count). The van der Waals surface area contributed by atoms with Crippen molar-refractivity contribution in [1.82, 2.24) is 4.90 Å². The minimum absolute atomic E-state index is 0.0649. The third kappa shape index (κ3) is 3.17. The van der Waals surface area contributed by atoms with Gasteiger partial charge in [0.15, 0.2) is 5.78 Å². The van der Waals surface area contributed by atoms with E-state index in [1.807, 2.05) is 0 Å². The van der Waals surface area contributed by atoms with Gasteiger partial charge in [0, 0.05) is 18.4 Å². The van der Waals surface area contributed by atoms with Gasteiger partial charge in [0.05, 0.1) is 6.54 Å². The molecule has 1 aromatic rings. The Labute approximate surface area is 113 Å². The Morgan fingerprint density at radius 3 is 2.20 bits per heavy atom. The standard InChI is InChI=1S/C13H11F2NO4/c14-13(15)20-9-3-1-8(2-4-9)10(17)7-16-11(18)5-6-12(16)19/h1-4,13H,5-7H2. The number of halogens is 2. The maximum absolute atomic E-state index is 12.0. The Kier molecular flexibility index (Phi) is 4.07. The number of hydrogen-bond donors (Lipinski definition) is 0. The van der Waals surface area contributed by atoms with Crippen molar-refractivity contribution in [2.75, 3.05) is 6.54 Å². The van der Waals surface area contributed by atoms with Crippen LogP contribution >= 0.6 is 0 Å². The van der Waals surface area contributed by atoms with Crippen molar-refractivity contribution in [1.29, 1.82) is 0 Å². The third-order valence-corrected chi connectivity index (χ3v) is 2.86. The Morgan fingerprint density at radius 1 is 1.15 bits per heavy atom. The van der Waals surface area contributed by atoms with Gasteiger partial charge in [-0.1, -0.05) is 0 Å². The first-order valence-corrected chi connectivity index (χ1v) is 5.88. The summed E-state index contributed by atoms with van der Waals surface area (Å²) < 4.78 is 28.1. The van der Waals surface area contributed by atoms with Crippen molar-refractivity contribution in [3.63, 3.8) is 0 Å². The molecule has 1 fully saturated rings. The third-order valence-electron chi connectivity index (χ3n) is 2.86. The lowest BCUT2D eigenvalue weighted by atomic mass is 10.1. The first-order chi connectivity index (χ1) is 9.47. The van der Waals surface area contributed by atoms with Crippen LogP contribution in [0.5, 0.6) is 5.75 Å². The number of imide groups is 1. The zero-order valence-electron chi connectivity index (χ0n) is 10.3. The van der Waals surface area contributed by atoms with Crippen LogP contribution in [0.2, 0.25) is 0 Å². The SMILES string of the molecule is O=C(CN1C(=O)CCC1=O)c1ccc(OC(F)F)cc1. The minimum atomic E-state index is -2.93. The summed E-state index contributed by atoms with van der Waals surface area (Å²) in [5.74, 6) is -1.25. The van der Waals surface area contributed by atoms with Crippen LogP contribution in [0.1, 0.15) is 23.2 Å².